The average Bonchev–Trinajstić information content (AvgIpc) is 2.80. The standard InChI is InChI=1S/C26H25FN2O2/c1-3-14-26(23-10-12-24(27)13-11-23)15-17-29(25(30)31-26)19(2)20-6-8-21(9-7-20)22-5-4-16-28-18-22/h3-13,16,18-19H,1,14-15,17H2,2H3/t19-,26?/m0/s1. The van der Waals surface area contributed by atoms with Crippen LogP contribution >= 0.6 is 0 Å². The molecule has 2 heterocycles. The predicted molar refractivity (Wildman–Crippen MR) is 119 cm³/mol. The van der Waals surface area contributed by atoms with Gasteiger partial charge >= 0.3 is 6.09 Å². The molecule has 1 aromatic heterocycles. The lowest BCUT2D eigenvalue weighted by molar-refractivity contribution is -0.0588. The minimum absolute atomic E-state index is 0.134. The van der Waals surface area contributed by atoms with E-state index in [1.165, 1.54) is 12.1 Å². The Bertz CT molecular complexity index is 1050. The van der Waals surface area contributed by atoms with Crippen LogP contribution in [0.2, 0.25) is 0 Å². The van der Waals surface area contributed by atoms with E-state index in [-0.39, 0.29) is 18.0 Å². The lowest BCUT2D eigenvalue weighted by Gasteiger charge is -2.43. The van der Waals surface area contributed by atoms with E-state index in [1.807, 2.05) is 49.5 Å². The zero-order chi connectivity index (χ0) is 21.8. The molecule has 1 aliphatic heterocycles. The maximum Gasteiger partial charge on any atom is 0.411 e. The third-order valence-electron chi connectivity index (χ3n) is 5.97. The van der Waals surface area contributed by atoms with E-state index in [0.717, 1.165) is 22.3 Å². The van der Waals surface area contributed by atoms with Crippen molar-refractivity contribution in [1.29, 1.82) is 0 Å². The summed E-state index contributed by atoms with van der Waals surface area (Å²) in [7, 11) is 0. The van der Waals surface area contributed by atoms with Crippen LogP contribution in [0.15, 0.2) is 85.7 Å². The van der Waals surface area contributed by atoms with Gasteiger partial charge in [-0.15, -0.1) is 6.58 Å². The minimum atomic E-state index is -0.813. The number of ether oxygens (including phenoxy) is 1. The average molecular weight is 416 g/mol. The Morgan fingerprint density at radius 2 is 1.90 bits per heavy atom. The van der Waals surface area contributed by atoms with Gasteiger partial charge in [-0.25, -0.2) is 9.18 Å². The first-order valence-corrected chi connectivity index (χ1v) is 10.4. The topological polar surface area (TPSA) is 42.4 Å². The van der Waals surface area contributed by atoms with Crippen molar-refractivity contribution in [2.24, 2.45) is 0 Å². The smallest absolute Gasteiger partial charge is 0.411 e. The molecule has 0 radical (unpaired) electrons. The van der Waals surface area contributed by atoms with Crippen LogP contribution in [0, 0.1) is 5.82 Å². The summed E-state index contributed by atoms with van der Waals surface area (Å²) in [5.41, 5.74) is 3.13. The second kappa shape index (κ2) is 8.72. The highest BCUT2D eigenvalue weighted by Gasteiger charge is 2.42. The first-order chi connectivity index (χ1) is 15.0. The zero-order valence-electron chi connectivity index (χ0n) is 17.5. The van der Waals surface area contributed by atoms with Crippen LogP contribution in [-0.4, -0.2) is 22.5 Å². The van der Waals surface area contributed by atoms with E-state index in [0.29, 0.717) is 19.4 Å². The molecule has 0 saturated carbocycles. The van der Waals surface area contributed by atoms with Gasteiger partial charge in [0.05, 0.1) is 6.04 Å². The maximum atomic E-state index is 13.4. The Kier molecular flexibility index (Phi) is 5.85. The molecule has 4 nitrogen and oxygen atoms in total. The number of halogens is 1. The number of hydrogen-bond donors (Lipinski definition) is 0. The van der Waals surface area contributed by atoms with E-state index in [9.17, 15) is 9.18 Å². The molecule has 31 heavy (non-hydrogen) atoms. The third kappa shape index (κ3) is 4.22. The molecule has 1 amide bonds. The van der Waals surface area contributed by atoms with Crippen LogP contribution in [0.3, 0.4) is 0 Å². The molecule has 5 heteroatoms. The van der Waals surface area contributed by atoms with Crippen molar-refractivity contribution < 1.29 is 13.9 Å². The van der Waals surface area contributed by atoms with Gasteiger partial charge in [0.25, 0.3) is 0 Å². The van der Waals surface area contributed by atoms with Gasteiger partial charge in [0.2, 0.25) is 0 Å². The molecule has 1 saturated heterocycles. The molecular formula is C26H25FN2O2. The van der Waals surface area contributed by atoms with E-state index in [2.05, 4.69) is 11.6 Å². The molecule has 158 valence electrons. The number of cyclic esters (lactones) is 1. The molecular weight excluding hydrogens is 391 g/mol. The molecule has 2 atom stereocenters. The second-order valence-corrected chi connectivity index (χ2v) is 7.85. The van der Waals surface area contributed by atoms with Crippen LogP contribution in [0.25, 0.3) is 11.1 Å². The van der Waals surface area contributed by atoms with Crippen molar-refractivity contribution in [2.75, 3.05) is 6.54 Å². The molecule has 4 rings (SSSR count). The highest BCUT2D eigenvalue weighted by molar-refractivity contribution is 5.70. The first kappa shape index (κ1) is 20.8. The van der Waals surface area contributed by atoms with Crippen LogP contribution < -0.4 is 0 Å². The molecule has 1 unspecified atom stereocenters. The summed E-state index contributed by atoms with van der Waals surface area (Å²) in [6.45, 7) is 6.36. The summed E-state index contributed by atoms with van der Waals surface area (Å²) >= 11 is 0. The van der Waals surface area contributed by atoms with Gasteiger partial charge in [0, 0.05) is 31.8 Å². The van der Waals surface area contributed by atoms with Gasteiger partial charge in [0.1, 0.15) is 11.4 Å². The predicted octanol–water partition coefficient (Wildman–Crippen LogP) is 6.26. The van der Waals surface area contributed by atoms with Crippen molar-refractivity contribution >= 4 is 6.09 Å². The Balaban J connectivity index is 1.52. The first-order valence-electron chi connectivity index (χ1n) is 10.4. The fourth-order valence-electron chi connectivity index (χ4n) is 4.14. The summed E-state index contributed by atoms with van der Waals surface area (Å²) in [6.07, 6.45) is 6.03. The van der Waals surface area contributed by atoms with Crippen molar-refractivity contribution in [3.05, 3.63) is 103 Å². The van der Waals surface area contributed by atoms with E-state index < -0.39 is 5.60 Å². The van der Waals surface area contributed by atoms with Crippen LogP contribution in [0.1, 0.15) is 36.9 Å². The highest BCUT2D eigenvalue weighted by atomic mass is 19.1. The fourth-order valence-corrected chi connectivity index (χ4v) is 4.14. The van der Waals surface area contributed by atoms with Crippen molar-refractivity contribution in [2.45, 2.75) is 31.4 Å². The summed E-state index contributed by atoms with van der Waals surface area (Å²) in [4.78, 5) is 18.9. The van der Waals surface area contributed by atoms with Gasteiger partial charge in [-0.3, -0.25) is 4.98 Å². The Morgan fingerprint density at radius 1 is 1.16 bits per heavy atom. The number of pyridine rings is 1. The molecule has 3 aromatic rings. The number of rotatable bonds is 6. The zero-order valence-corrected chi connectivity index (χ0v) is 17.5. The van der Waals surface area contributed by atoms with Gasteiger partial charge in [-0.05, 0) is 47.4 Å². The summed E-state index contributed by atoms with van der Waals surface area (Å²) in [6, 6.07) is 18.1. The Hall–Kier alpha value is -3.47. The largest absolute Gasteiger partial charge is 0.437 e. The van der Waals surface area contributed by atoms with Crippen molar-refractivity contribution in [3.8, 4) is 11.1 Å². The Labute approximate surface area is 182 Å². The number of carbonyl (C=O) groups excluding carboxylic acids is 1. The van der Waals surface area contributed by atoms with E-state index in [1.54, 1.807) is 29.3 Å². The molecule has 0 N–H and O–H groups in total. The number of benzene rings is 2. The second-order valence-electron chi connectivity index (χ2n) is 7.85. The normalized spacial score (nSPS) is 19.5. The lowest BCUT2D eigenvalue weighted by Crippen LogP contribution is -2.48. The van der Waals surface area contributed by atoms with Crippen LogP contribution in [0.4, 0.5) is 9.18 Å². The number of hydrogen-bond acceptors (Lipinski definition) is 3. The van der Waals surface area contributed by atoms with Gasteiger partial charge in [-0.1, -0.05) is 48.5 Å². The number of carbonyl (C=O) groups is 1. The van der Waals surface area contributed by atoms with Crippen molar-refractivity contribution in [1.82, 2.24) is 9.88 Å². The van der Waals surface area contributed by atoms with Crippen LogP contribution in [-0.2, 0) is 10.3 Å². The maximum absolute atomic E-state index is 13.4. The number of amides is 1. The molecule has 0 spiro atoms. The van der Waals surface area contributed by atoms with Crippen molar-refractivity contribution in [3.63, 3.8) is 0 Å². The molecule has 0 bridgehead atoms. The number of aromatic nitrogens is 1. The SMILES string of the molecule is C=CCC1(c2ccc(F)cc2)CCN([C@@H](C)c2ccc(-c3cccnc3)cc2)C(=O)O1. The molecule has 0 aliphatic carbocycles. The quantitative estimate of drug-likeness (QED) is 0.445. The third-order valence-corrected chi connectivity index (χ3v) is 5.97. The highest BCUT2D eigenvalue weighted by Crippen LogP contribution is 2.40. The minimum Gasteiger partial charge on any atom is -0.437 e. The summed E-state index contributed by atoms with van der Waals surface area (Å²) in [5.74, 6) is -0.315. The van der Waals surface area contributed by atoms with Crippen LogP contribution in [0.5, 0.6) is 0 Å². The summed E-state index contributed by atoms with van der Waals surface area (Å²) in [5, 5.41) is 0. The monoisotopic (exact) mass is 416 g/mol. The molecule has 1 fully saturated rings. The van der Waals surface area contributed by atoms with E-state index in [4.69, 9.17) is 4.74 Å². The van der Waals surface area contributed by atoms with Gasteiger partial charge in [0.15, 0.2) is 0 Å². The summed E-state index contributed by atoms with van der Waals surface area (Å²) < 4.78 is 19.4. The number of nitrogens with zero attached hydrogens (tertiary/aromatic N) is 2. The van der Waals surface area contributed by atoms with Gasteiger partial charge in [-0.2, -0.15) is 0 Å². The lowest BCUT2D eigenvalue weighted by atomic mass is 9.85. The fraction of sp³-hybridized carbons (Fsp3) is 0.231. The molecule has 2 aromatic carbocycles. The molecule has 1 aliphatic rings. The van der Waals surface area contributed by atoms with E-state index >= 15 is 0 Å². The van der Waals surface area contributed by atoms with Gasteiger partial charge < -0.3 is 9.64 Å². The Morgan fingerprint density at radius 3 is 2.52 bits per heavy atom.